The highest BCUT2D eigenvalue weighted by Gasteiger charge is 2.27. The summed E-state index contributed by atoms with van der Waals surface area (Å²) in [5.74, 6) is 0. The third kappa shape index (κ3) is 3.75. The summed E-state index contributed by atoms with van der Waals surface area (Å²) in [5.41, 5.74) is 6.87. The first-order chi connectivity index (χ1) is 8.43. The molecule has 0 saturated heterocycles. The molecule has 0 spiro atoms. The van der Waals surface area contributed by atoms with Crippen molar-refractivity contribution in [2.24, 2.45) is 0 Å². The zero-order valence-electron chi connectivity index (χ0n) is 12.7. The summed E-state index contributed by atoms with van der Waals surface area (Å²) in [6.45, 7) is 11.5. The van der Waals surface area contributed by atoms with E-state index in [1.165, 1.54) is 10.1 Å². The van der Waals surface area contributed by atoms with Crippen LogP contribution in [0, 0.1) is 0 Å². The zero-order valence-corrected chi connectivity index (χ0v) is 12.7. The van der Waals surface area contributed by atoms with Crippen molar-refractivity contribution in [2.45, 2.75) is 52.6 Å². The molecule has 0 fully saturated rings. The molecule has 0 aliphatic rings. The van der Waals surface area contributed by atoms with Crippen molar-refractivity contribution in [3.63, 3.8) is 0 Å². The number of hydroxylamine groups is 2. The van der Waals surface area contributed by atoms with Crippen LogP contribution in [0.3, 0.4) is 0 Å². The van der Waals surface area contributed by atoms with Crippen LogP contribution in [-0.2, 0) is 0 Å². The molecule has 1 rings (SSSR count). The van der Waals surface area contributed by atoms with Crippen molar-refractivity contribution >= 4 is 17.1 Å². The number of nitrogen functional groups attached to an aromatic ring is 1. The second kappa shape index (κ2) is 4.90. The van der Waals surface area contributed by atoms with Gasteiger partial charge in [-0.25, -0.2) is 0 Å². The van der Waals surface area contributed by atoms with E-state index in [9.17, 15) is 5.21 Å². The fraction of sp³-hybridized carbons (Fsp3) is 0.571. The van der Waals surface area contributed by atoms with Gasteiger partial charge in [0.2, 0.25) is 0 Å². The van der Waals surface area contributed by atoms with Gasteiger partial charge in [-0.1, -0.05) is 0 Å². The van der Waals surface area contributed by atoms with Gasteiger partial charge < -0.3 is 10.9 Å². The minimum atomic E-state index is -0.431. The monoisotopic (exact) mass is 268 g/mol. The van der Waals surface area contributed by atoms with E-state index in [4.69, 9.17) is 10.9 Å². The van der Waals surface area contributed by atoms with Gasteiger partial charge in [-0.05, 0) is 59.7 Å². The van der Waals surface area contributed by atoms with Crippen LogP contribution in [0.1, 0.15) is 41.5 Å². The van der Waals surface area contributed by atoms with Crippen molar-refractivity contribution in [3.8, 4) is 0 Å². The molecule has 1 aromatic carbocycles. The molecule has 1 aromatic rings. The lowest BCUT2D eigenvalue weighted by molar-refractivity contribution is 0.177. The fourth-order valence-electron chi connectivity index (χ4n) is 1.64. The molecule has 19 heavy (non-hydrogen) atoms. The third-order valence-corrected chi connectivity index (χ3v) is 2.73. The van der Waals surface area contributed by atoms with Crippen LogP contribution in [0.2, 0.25) is 0 Å². The van der Waals surface area contributed by atoms with Crippen LogP contribution < -0.4 is 15.9 Å². The third-order valence-electron chi connectivity index (χ3n) is 2.73. The van der Waals surface area contributed by atoms with Crippen LogP contribution in [0.15, 0.2) is 18.2 Å². The smallest absolute Gasteiger partial charge is 0.113 e. The molecule has 5 heteroatoms. The van der Waals surface area contributed by atoms with E-state index in [1.807, 2.05) is 41.5 Å². The van der Waals surface area contributed by atoms with Crippen molar-refractivity contribution in [1.29, 1.82) is 0 Å². The van der Waals surface area contributed by atoms with Crippen molar-refractivity contribution < 1.29 is 10.4 Å². The van der Waals surface area contributed by atoms with Crippen LogP contribution in [0.25, 0.3) is 0 Å². The van der Waals surface area contributed by atoms with E-state index >= 15 is 0 Å². The Labute approximate surface area is 115 Å². The van der Waals surface area contributed by atoms with Gasteiger partial charge in [-0.2, -0.15) is 0 Å². The van der Waals surface area contributed by atoms with Gasteiger partial charge in [0.05, 0.1) is 16.8 Å². The number of nitrogens with zero attached hydrogens (tertiary/aromatic N) is 2. The maximum absolute atomic E-state index is 10.2. The normalized spacial score (nSPS) is 12.4. The predicted molar refractivity (Wildman–Crippen MR) is 80.7 cm³/mol. The molecule has 5 N–H and O–H groups in total. The van der Waals surface area contributed by atoms with Gasteiger partial charge in [-0.3, -0.25) is 10.3 Å². The topological polar surface area (TPSA) is 75.6 Å². The average molecular weight is 268 g/mol. The van der Waals surface area contributed by atoms with Crippen LogP contribution in [0.4, 0.5) is 17.1 Å². The van der Waals surface area contributed by atoms with Gasteiger partial charge >= 0.3 is 0 Å². The highest BCUT2D eigenvalue weighted by molar-refractivity contribution is 5.67. The highest BCUT2D eigenvalue weighted by atomic mass is 16.5. The Morgan fingerprint density at radius 3 is 1.84 bits per heavy atom. The van der Waals surface area contributed by atoms with E-state index in [2.05, 4.69) is 0 Å². The Morgan fingerprint density at radius 2 is 1.42 bits per heavy atom. The van der Waals surface area contributed by atoms with Crippen LogP contribution in [-0.4, -0.2) is 21.5 Å². The van der Waals surface area contributed by atoms with Crippen LogP contribution in [0.5, 0.6) is 0 Å². The molecule has 0 aromatic heterocycles. The Bertz CT molecular complexity index is 409. The van der Waals surface area contributed by atoms with Crippen molar-refractivity contribution in [3.05, 3.63) is 18.2 Å². The number of hydrogen-bond donors (Lipinski definition) is 2. The SMILES string of the molecule is CC(C)(C)N(O)c1cc(N)cc(N([OH2+])C(C)(C)C)c1. The molecule has 0 aliphatic heterocycles. The van der Waals surface area contributed by atoms with Crippen LogP contribution >= 0.6 is 0 Å². The molecule has 108 valence electrons. The summed E-state index contributed by atoms with van der Waals surface area (Å²) in [5, 5.41) is 20.9. The molecule has 0 atom stereocenters. The summed E-state index contributed by atoms with van der Waals surface area (Å²) >= 11 is 0. The van der Waals surface area contributed by atoms with Gasteiger partial charge in [0, 0.05) is 5.69 Å². The lowest BCUT2D eigenvalue weighted by atomic mass is 10.1. The molecular formula is C14H26N3O2+. The molecule has 0 bridgehead atoms. The Morgan fingerprint density at radius 1 is 0.947 bits per heavy atom. The summed E-state index contributed by atoms with van der Waals surface area (Å²) < 4.78 is 0. The Kier molecular flexibility index (Phi) is 4.03. The molecule has 0 radical (unpaired) electrons. The second-order valence-corrected chi connectivity index (χ2v) is 6.77. The van der Waals surface area contributed by atoms with E-state index in [0.29, 0.717) is 17.1 Å². The Balaban J connectivity index is 3.22. The average Bonchev–Trinajstić information content (AvgIpc) is 2.23. The molecule has 5 nitrogen and oxygen atoms in total. The van der Waals surface area contributed by atoms with E-state index in [1.54, 1.807) is 18.2 Å². The largest absolute Gasteiger partial charge is 0.399 e. The number of hydrogen-bond acceptors (Lipinski definition) is 4. The standard InChI is InChI=1S/C14H25N3O2/c1-13(2,3)16(18)11-7-10(15)8-12(9-11)17(19)14(4,5)6/h7-9,18-19H,15H2,1-6H3/p+1. The lowest BCUT2D eigenvalue weighted by Crippen LogP contribution is -2.40. The first-order valence-corrected chi connectivity index (χ1v) is 6.34. The van der Waals surface area contributed by atoms with Crippen molar-refractivity contribution in [2.75, 3.05) is 15.9 Å². The van der Waals surface area contributed by atoms with E-state index < -0.39 is 5.54 Å². The lowest BCUT2D eigenvalue weighted by Gasteiger charge is -2.33. The van der Waals surface area contributed by atoms with E-state index in [-0.39, 0.29) is 5.54 Å². The number of nitrogens with two attached hydrogens (primary N) is 1. The fourth-order valence-corrected chi connectivity index (χ4v) is 1.64. The minimum Gasteiger partial charge on any atom is -0.399 e. The van der Waals surface area contributed by atoms with E-state index in [0.717, 1.165) is 0 Å². The molecule has 0 amide bonds. The number of anilines is 3. The summed E-state index contributed by atoms with van der Waals surface area (Å²) in [6.07, 6.45) is 0. The predicted octanol–water partition coefficient (Wildman–Crippen LogP) is 2.51. The minimum absolute atomic E-state index is 0.340. The molecule has 0 heterocycles. The van der Waals surface area contributed by atoms with Gasteiger partial charge in [0.25, 0.3) is 0 Å². The summed E-state index contributed by atoms with van der Waals surface area (Å²) in [7, 11) is 0. The molecular weight excluding hydrogens is 242 g/mol. The first kappa shape index (κ1) is 15.6. The van der Waals surface area contributed by atoms with Gasteiger partial charge in [0.1, 0.15) is 5.69 Å². The second-order valence-electron chi connectivity index (χ2n) is 6.77. The molecule has 0 saturated carbocycles. The van der Waals surface area contributed by atoms with Crippen molar-refractivity contribution in [1.82, 2.24) is 0 Å². The summed E-state index contributed by atoms with van der Waals surface area (Å²) in [6, 6.07) is 5.20. The van der Waals surface area contributed by atoms with Gasteiger partial charge in [0.15, 0.2) is 0 Å². The molecule has 0 aliphatic carbocycles. The van der Waals surface area contributed by atoms with Gasteiger partial charge in [-0.15, -0.1) is 5.06 Å². The zero-order chi connectivity index (χ0) is 15.0. The molecule has 0 unspecified atom stereocenters. The Hall–Kier alpha value is -1.46. The number of benzene rings is 1. The quantitative estimate of drug-likeness (QED) is 0.491. The maximum atomic E-state index is 10.2. The summed E-state index contributed by atoms with van der Waals surface area (Å²) in [4.78, 5) is 0. The first-order valence-electron chi connectivity index (χ1n) is 6.34. The highest BCUT2D eigenvalue weighted by Crippen LogP contribution is 2.31. The number of rotatable bonds is 2. The maximum Gasteiger partial charge on any atom is 0.113 e.